The van der Waals surface area contributed by atoms with E-state index in [4.69, 9.17) is 0 Å². The van der Waals surface area contributed by atoms with Gasteiger partial charge in [-0.1, -0.05) is 0 Å². The van der Waals surface area contributed by atoms with Gasteiger partial charge in [-0.05, 0) is 66.0 Å². The van der Waals surface area contributed by atoms with Crippen molar-refractivity contribution in [1.29, 1.82) is 0 Å². The number of nitrogens with one attached hydrogen (secondary N) is 2. The van der Waals surface area contributed by atoms with E-state index >= 15 is 0 Å². The normalized spacial score (nSPS) is 27.1. The van der Waals surface area contributed by atoms with Gasteiger partial charge in [-0.3, -0.25) is 4.79 Å². The number of nitrogens with zero attached hydrogens (tertiary/aromatic N) is 1. The lowest BCUT2D eigenvalue weighted by Crippen LogP contribution is -2.47. The van der Waals surface area contributed by atoms with Gasteiger partial charge in [-0.15, -0.1) is 0 Å². The molecule has 1 aliphatic heterocycles. The van der Waals surface area contributed by atoms with E-state index in [9.17, 15) is 4.79 Å². The Morgan fingerprint density at radius 2 is 1.79 bits per heavy atom. The van der Waals surface area contributed by atoms with Crippen molar-refractivity contribution in [2.45, 2.75) is 77.0 Å². The highest BCUT2D eigenvalue weighted by Gasteiger charge is 2.27. The van der Waals surface area contributed by atoms with Crippen molar-refractivity contribution in [3.63, 3.8) is 0 Å². The van der Waals surface area contributed by atoms with Crippen LogP contribution in [0.4, 0.5) is 0 Å². The Morgan fingerprint density at radius 1 is 1.05 bits per heavy atom. The first-order valence-corrected chi connectivity index (χ1v) is 7.86. The number of rotatable bonds is 5. The quantitative estimate of drug-likeness (QED) is 0.793. The van der Waals surface area contributed by atoms with Gasteiger partial charge >= 0.3 is 0 Å². The topological polar surface area (TPSA) is 44.4 Å². The summed E-state index contributed by atoms with van der Waals surface area (Å²) in [5, 5.41) is 6.59. The zero-order valence-electron chi connectivity index (χ0n) is 12.6. The fraction of sp³-hybridized carbons (Fsp3) is 0.933. The van der Waals surface area contributed by atoms with Crippen molar-refractivity contribution in [3.05, 3.63) is 0 Å². The molecule has 2 N–H and O–H groups in total. The van der Waals surface area contributed by atoms with Crippen LogP contribution in [0.3, 0.4) is 0 Å². The Morgan fingerprint density at radius 3 is 2.42 bits per heavy atom. The van der Waals surface area contributed by atoms with E-state index < -0.39 is 0 Å². The van der Waals surface area contributed by atoms with Crippen LogP contribution in [0.5, 0.6) is 0 Å². The molecule has 0 aromatic rings. The minimum absolute atomic E-state index is 0.0591. The second kappa shape index (κ2) is 6.71. The summed E-state index contributed by atoms with van der Waals surface area (Å²) in [7, 11) is 0. The Labute approximate surface area is 117 Å². The predicted molar refractivity (Wildman–Crippen MR) is 78.1 cm³/mol. The van der Waals surface area contributed by atoms with E-state index in [1.165, 1.54) is 19.4 Å². The fourth-order valence-electron chi connectivity index (χ4n) is 2.78. The standard InChI is InChI=1S/C15H29N3O/c1-11(2)18-9-4-5-13(8-10-18)16-12(3)15(19)17-14-6-7-14/h11-14,16H,4-10H2,1-3H3,(H,17,19). The van der Waals surface area contributed by atoms with Crippen molar-refractivity contribution in [2.24, 2.45) is 0 Å². The Kier molecular flexibility index (Phi) is 5.22. The molecule has 2 atom stereocenters. The summed E-state index contributed by atoms with van der Waals surface area (Å²) in [6.07, 6.45) is 5.88. The Hall–Kier alpha value is -0.610. The largest absolute Gasteiger partial charge is 0.352 e. The predicted octanol–water partition coefficient (Wildman–Crippen LogP) is 1.51. The molecule has 0 radical (unpaired) electrons. The maximum Gasteiger partial charge on any atom is 0.237 e. The lowest BCUT2D eigenvalue weighted by molar-refractivity contribution is -0.123. The number of hydrogen-bond donors (Lipinski definition) is 2. The summed E-state index contributed by atoms with van der Waals surface area (Å²) in [6.45, 7) is 8.85. The average Bonchev–Trinajstić information content (AvgIpc) is 3.16. The zero-order valence-corrected chi connectivity index (χ0v) is 12.6. The molecule has 1 saturated heterocycles. The van der Waals surface area contributed by atoms with Crippen molar-refractivity contribution >= 4 is 5.91 Å². The fourth-order valence-corrected chi connectivity index (χ4v) is 2.78. The van der Waals surface area contributed by atoms with Gasteiger partial charge in [-0.2, -0.15) is 0 Å². The van der Waals surface area contributed by atoms with Crippen LogP contribution < -0.4 is 10.6 Å². The molecule has 2 unspecified atom stereocenters. The maximum atomic E-state index is 11.9. The van der Waals surface area contributed by atoms with Gasteiger partial charge in [0.2, 0.25) is 5.91 Å². The Bertz CT molecular complexity index is 302. The molecule has 2 fully saturated rings. The van der Waals surface area contributed by atoms with Crippen molar-refractivity contribution in [3.8, 4) is 0 Å². The van der Waals surface area contributed by atoms with Gasteiger partial charge in [0.1, 0.15) is 0 Å². The number of carbonyl (C=O) groups is 1. The highest BCUT2D eigenvalue weighted by Crippen LogP contribution is 2.19. The maximum absolute atomic E-state index is 11.9. The van der Waals surface area contributed by atoms with Crippen LogP contribution in [-0.4, -0.2) is 48.1 Å². The van der Waals surface area contributed by atoms with Gasteiger partial charge in [0.05, 0.1) is 6.04 Å². The molecule has 19 heavy (non-hydrogen) atoms. The number of likely N-dealkylation sites (tertiary alicyclic amines) is 1. The third-order valence-corrected chi connectivity index (χ3v) is 4.30. The molecular formula is C15H29N3O. The lowest BCUT2D eigenvalue weighted by Gasteiger charge is -2.25. The molecule has 2 rings (SSSR count). The van der Waals surface area contributed by atoms with E-state index in [1.807, 2.05) is 6.92 Å². The van der Waals surface area contributed by atoms with Gasteiger partial charge in [0.15, 0.2) is 0 Å². The van der Waals surface area contributed by atoms with Crippen LogP contribution in [0.1, 0.15) is 52.9 Å². The van der Waals surface area contributed by atoms with E-state index in [0.29, 0.717) is 18.1 Å². The molecule has 0 aromatic carbocycles. The van der Waals surface area contributed by atoms with E-state index in [0.717, 1.165) is 25.8 Å². The minimum Gasteiger partial charge on any atom is -0.352 e. The molecule has 1 amide bonds. The molecule has 0 spiro atoms. The molecule has 110 valence electrons. The molecular weight excluding hydrogens is 238 g/mol. The highest BCUT2D eigenvalue weighted by molar-refractivity contribution is 5.81. The third kappa shape index (κ3) is 4.77. The first-order chi connectivity index (χ1) is 9.06. The van der Waals surface area contributed by atoms with Crippen LogP contribution in [0.2, 0.25) is 0 Å². The molecule has 4 nitrogen and oxygen atoms in total. The van der Waals surface area contributed by atoms with Gasteiger partial charge in [0, 0.05) is 18.1 Å². The van der Waals surface area contributed by atoms with E-state index in [2.05, 4.69) is 29.4 Å². The SMILES string of the molecule is CC(NC1CCCN(C(C)C)CC1)C(=O)NC1CC1. The number of amides is 1. The van der Waals surface area contributed by atoms with E-state index in [1.54, 1.807) is 0 Å². The monoisotopic (exact) mass is 267 g/mol. The lowest BCUT2D eigenvalue weighted by atomic mass is 10.1. The summed E-state index contributed by atoms with van der Waals surface area (Å²) >= 11 is 0. The molecule has 1 heterocycles. The first-order valence-electron chi connectivity index (χ1n) is 7.86. The van der Waals surface area contributed by atoms with Crippen LogP contribution in [0, 0.1) is 0 Å². The van der Waals surface area contributed by atoms with Crippen molar-refractivity contribution in [1.82, 2.24) is 15.5 Å². The van der Waals surface area contributed by atoms with Crippen molar-refractivity contribution < 1.29 is 4.79 Å². The van der Waals surface area contributed by atoms with Crippen LogP contribution in [0.15, 0.2) is 0 Å². The second-order valence-electron chi connectivity index (χ2n) is 6.43. The van der Waals surface area contributed by atoms with Crippen molar-refractivity contribution in [2.75, 3.05) is 13.1 Å². The first kappa shape index (κ1) is 14.8. The summed E-state index contributed by atoms with van der Waals surface area (Å²) in [6, 6.07) is 1.52. The second-order valence-corrected chi connectivity index (χ2v) is 6.43. The number of hydrogen-bond acceptors (Lipinski definition) is 3. The Balaban J connectivity index is 1.73. The smallest absolute Gasteiger partial charge is 0.237 e. The average molecular weight is 267 g/mol. The summed E-state index contributed by atoms with van der Waals surface area (Å²) in [4.78, 5) is 14.5. The molecule has 4 heteroatoms. The van der Waals surface area contributed by atoms with Crippen LogP contribution in [0.25, 0.3) is 0 Å². The molecule has 1 aliphatic carbocycles. The molecule has 0 bridgehead atoms. The summed E-state index contributed by atoms with van der Waals surface area (Å²) in [5.41, 5.74) is 0. The molecule has 2 aliphatic rings. The third-order valence-electron chi connectivity index (χ3n) is 4.30. The number of carbonyl (C=O) groups excluding carboxylic acids is 1. The van der Waals surface area contributed by atoms with Crippen LogP contribution in [-0.2, 0) is 4.79 Å². The van der Waals surface area contributed by atoms with Gasteiger partial charge in [0.25, 0.3) is 0 Å². The minimum atomic E-state index is -0.0591. The van der Waals surface area contributed by atoms with Gasteiger partial charge < -0.3 is 15.5 Å². The zero-order chi connectivity index (χ0) is 13.8. The molecule has 1 saturated carbocycles. The molecule has 0 aromatic heterocycles. The summed E-state index contributed by atoms with van der Waals surface area (Å²) < 4.78 is 0. The summed E-state index contributed by atoms with van der Waals surface area (Å²) in [5.74, 6) is 0.174. The van der Waals surface area contributed by atoms with E-state index in [-0.39, 0.29) is 11.9 Å². The van der Waals surface area contributed by atoms with Crippen LogP contribution >= 0.6 is 0 Å². The highest BCUT2D eigenvalue weighted by atomic mass is 16.2. The van der Waals surface area contributed by atoms with Gasteiger partial charge in [-0.25, -0.2) is 0 Å².